The zero-order valence-corrected chi connectivity index (χ0v) is 12.7. The molecule has 0 unspecified atom stereocenters. The van der Waals surface area contributed by atoms with Gasteiger partial charge in [0.05, 0.1) is 27.0 Å². The highest BCUT2D eigenvalue weighted by Gasteiger charge is 2.04. The molecule has 0 heterocycles. The highest BCUT2D eigenvalue weighted by atomic mass is 16.5. The lowest BCUT2D eigenvalue weighted by Crippen LogP contribution is -2.06. The predicted molar refractivity (Wildman–Crippen MR) is 84.7 cm³/mol. The summed E-state index contributed by atoms with van der Waals surface area (Å²) in [6.45, 7) is 0.815. The van der Waals surface area contributed by atoms with Crippen molar-refractivity contribution in [3.63, 3.8) is 0 Å². The minimum Gasteiger partial charge on any atom is -0.497 e. The van der Waals surface area contributed by atoms with E-state index in [1.54, 1.807) is 21.3 Å². The van der Waals surface area contributed by atoms with Crippen LogP contribution in [0.4, 0.5) is 5.69 Å². The molecule has 2 aromatic carbocycles. The zero-order chi connectivity index (χ0) is 15.1. The number of nitrogens with one attached hydrogen (secondary N) is 1. The number of benzene rings is 2. The van der Waals surface area contributed by atoms with Crippen molar-refractivity contribution < 1.29 is 14.2 Å². The van der Waals surface area contributed by atoms with Crippen molar-refractivity contribution in [3.8, 4) is 17.2 Å². The molecule has 0 radical (unpaired) electrons. The first-order valence-corrected chi connectivity index (χ1v) is 6.85. The molecule has 0 aliphatic heterocycles. The quantitative estimate of drug-likeness (QED) is 0.847. The fourth-order valence-corrected chi connectivity index (χ4v) is 2.11. The second-order valence-corrected chi connectivity index (χ2v) is 4.59. The van der Waals surface area contributed by atoms with Crippen LogP contribution in [0.15, 0.2) is 42.5 Å². The average Bonchev–Trinajstić information content (AvgIpc) is 2.55. The Hall–Kier alpha value is -2.36. The monoisotopic (exact) mass is 287 g/mol. The topological polar surface area (TPSA) is 39.7 Å². The highest BCUT2D eigenvalue weighted by molar-refractivity contribution is 5.59. The van der Waals surface area contributed by atoms with Gasteiger partial charge >= 0.3 is 0 Å². The summed E-state index contributed by atoms with van der Waals surface area (Å²) >= 11 is 0. The van der Waals surface area contributed by atoms with E-state index in [-0.39, 0.29) is 0 Å². The van der Waals surface area contributed by atoms with E-state index >= 15 is 0 Å². The number of anilines is 1. The van der Waals surface area contributed by atoms with Crippen molar-refractivity contribution in [2.45, 2.75) is 6.42 Å². The maximum absolute atomic E-state index is 5.36. The minimum absolute atomic E-state index is 0.778. The third-order valence-corrected chi connectivity index (χ3v) is 3.27. The fraction of sp³-hybridized carbons (Fsp3) is 0.294. The van der Waals surface area contributed by atoms with E-state index in [1.165, 1.54) is 5.56 Å². The molecule has 4 heteroatoms. The molecule has 0 aliphatic carbocycles. The number of hydrogen-bond acceptors (Lipinski definition) is 4. The van der Waals surface area contributed by atoms with E-state index in [2.05, 4.69) is 11.4 Å². The summed E-state index contributed by atoms with van der Waals surface area (Å²) in [5.41, 5.74) is 2.19. The summed E-state index contributed by atoms with van der Waals surface area (Å²) in [7, 11) is 4.98. The van der Waals surface area contributed by atoms with Gasteiger partial charge in [0.1, 0.15) is 17.2 Å². The van der Waals surface area contributed by atoms with Crippen LogP contribution in [0.25, 0.3) is 0 Å². The molecule has 112 valence electrons. The van der Waals surface area contributed by atoms with E-state index in [1.807, 2.05) is 36.4 Å². The maximum atomic E-state index is 5.36. The van der Waals surface area contributed by atoms with Gasteiger partial charge in [0.2, 0.25) is 0 Å². The van der Waals surface area contributed by atoms with Crippen molar-refractivity contribution >= 4 is 5.69 Å². The van der Waals surface area contributed by atoms with E-state index in [0.29, 0.717) is 0 Å². The number of hydrogen-bond donors (Lipinski definition) is 1. The molecule has 0 fully saturated rings. The van der Waals surface area contributed by atoms with E-state index < -0.39 is 0 Å². The molecule has 0 spiro atoms. The lowest BCUT2D eigenvalue weighted by molar-refractivity contribution is 0.395. The molecular formula is C17H21NO3. The van der Waals surface area contributed by atoms with Gasteiger partial charge in [-0.05, 0) is 36.2 Å². The van der Waals surface area contributed by atoms with Gasteiger partial charge in [-0.25, -0.2) is 0 Å². The lowest BCUT2D eigenvalue weighted by Gasteiger charge is -2.12. The Balaban J connectivity index is 1.96. The Bertz CT molecular complexity index is 584. The lowest BCUT2D eigenvalue weighted by atomic mass is 10.1. The standard InChI is InChI=1S/C17H21NO3/c1-19-14-6-4-5-13(11-14)9-10-18-16-8-7-15(20-2)12-17(16)21-3/h4-8,11-12,18H,9-10H2,1-3H3. The van der Waals surface area contributed by atoms with Gasteiger partial charge < -0.3 is 19.5 Å². The van der Waals surface area contributed by atoms with Crippen LogP contribution in [0.3, 0.4) is 0 Å². The molecule has 0 aliphatic rings. The normalized spacial score (nSPS) is 10.0. The van der Waals surface area contributed by atoms with Gasteiger partial charge in [0.25, 0.3) is 0 Å². The largest absolute Gasteiger partial charge is 0.497 e. The fourth-order valence-electron chi connectivity index (χ4n) is 2.11. The van der Waals surface area contributed by atoms with Crippen molar-refractivity contribution in [2.24, 2.45) is 0 Å². The maximum Gasteiger partial charge on any atom is 0.145 e. The van der Waals surface area contributed by atoms with Crippen LogP contribution >= 0.6 is 0 Å². The summed E-state index contributed by atoms with van der Waals surface area (Å²) in [5.74, 6) is 2.44. The van der Waals surface area contributed by atoms with Gasteiger partial charge in [-0.2, -0.15) is 0 Å². The molecule has 0 aromatic heterocycles. The Kier molecular flexibility index (Phi) is 5.32. The van der Waals surface area contributed by atoms with Crippen LogP contribution < -0.4 is 19.5 Å². The molecule has 0 amide bonds. The second-order valence-electron chi connectivity index (χ2n) is 4.59. The Labute approximate surface area is 125 Å². The summed E-state index contributed by atoms with van der Waals surface area (Å²) in [4.78, 5) is 0. The van der Waals surface area contributed by atoms with Gasteiger partial charge in [0.15, 0.2) is 0 Å². The first-order valence-electron chi connectivity index (χ1n) is 6.85. The Morgan fingerprint density at radius 2 is 1.62 bits per heavy atom. The smallest absolute Gasteiger partial charge is 0.145 e. The van der Waals surface area contributed by atoms with Crippen LogP contribution in [0.1, 0.15) is 5.56 Å². The van der Waals surface area contributed by atoms with Crippen molar-refractivity contribution in [1.29, 1.82) is 0 Å². The molecule has 21 heavy (non-hydrogen) atoms. The molecule has 0 saturated carbocycles. The molecule has 0 atom stereocenters. The SMILES string of the molecule is COc1cccc(CCNc2ccc(OC)cc2OC)c1. The van der Waals surface area contributed by atoms with Crippen LogP contribution in [0, 0.1) is 0 Å². The Morgan fingerprint density at radius 1 is 0.857 bits per heavy atom. The van der Waals surface area contributed by atoms with Gasteiger partial charge in [-0.15, -0.1) is 0 Å². The number of methoxy groups -OCH3 is 3. The molecular weight excluding hydrogens is 266 g/mol. The summed E-state index contributed by atoms with van der Waals surface area (Å²) in [5, 5.41) is 3.38. The van der Waals surface area contributed by atoms with Crippen molar-refractivity contribution in [1.82, 2.24) is 0 Å². The molecule has 2 rings (SSSR count). The molecule has 0 bridgehead atoms. The van der Waals surface area contributed by atoms with Crippen molar-refractivity contribution in [2.75, 3.05) is 33.2 Å². The van der Waals surface area contributed by atoms with E-state index in [9.17, 15) is 0 Å². The van der Waals surface area contributed by atoms with Crippen LogP contribution in [-0.4, -0.2) is 27.9 Å². The molecule has 1 N–H and O–H groups in total. The van der Waals surface area contributed by atoms with Crippen LogP contribution in [0.5, 0.6) is 17.2 Å². The third kappa shape index (κ3) is 4.05. The van der Waals surface area contributed by atoms with Crippen molar-refractivity contribution in [3.05, 3.63) is 48.0 Å². The van der Waals surface area contributed by atoms with Gasteiger partial charge in [0, 0.05) is 12.6 Å². The second kappa shape index (κ2) is 7.43. The summed E-state index contributed by atoms with van der Waals surface area (Å²) in [6, 6.07) is 13.8. The summed E-state index contributed by atoms with van der Waals surface area (Å²) < 4.78 is 15.8. The van der Waals surface area contributed by atoms with Crippen LogP contribution in [-0.2, 0) is 6.42 Å². The summed E-state index contributed by atoms with van der Waals surface area (Å²) in [6.07, 6.45) is 0.909. The third-order valence-electron chi connectivity index (χ3n) is 3.27. The van der Waals surface area contributed by atoms with E-state index in [4.69, 9.17) is 14.2 Å². The van der Waals surface area contributed by atoms with Crippen LogP contribution in [0.2, 0.25) is 0 Å². The van der Waals surface area contributed by atoms with Gasteiger partial charge in [-0.1, -0.05) is 12.1 Å². The zero-order valence-electron chi connectivity index (χ0n) is 12.7. The first-order chi connectivity index (χ1) is 10.3. The Morgan fingerprint density at radius 3 is 2.33 bits per heavy atom. The number of ether oxygens (including phenoxy) is 3. The van der Waals surface area contributed by atoms with E-state index in [0.717, 1.165) is 35.9 Å². The highest BCUT2D eigenvalue weighted by Crippen LogP contribution is 2.28. The predicted octanol–water partition coefficient (Wildman–Crippen LogP) is 3.37. The average molecular weight is 287 g/mol. The first kappa shape index (κ1) is 15.0. The molecule has 2 aromatic rings. The molecule has 0 saturated heterocycles. The molecule has 4 nitrogen and oxygen atoms in total. The number of rotatable bonds is 7. The van der Waals surface area contributed by atoms with Gasteiger partial charge in [-0.3, -0.25) is 0 Å². The minimum atomic E-state index is 0.778.